The molecule has 0 bridgehead atoms. The zero-order valence-corrected chi connectivity index (χ0v) is 11.5. The van der Waals surface area contributed by atoms with Crippen molar-refractivity contribution in [1.29, 1.82) is 0 Å². The molecule has 2 nitrogen and oxygen atoms in total. The lowest BCUT2D eigenvalue weighted by Crippen LogP contribution is -2.18. The maximum Gasteiger partial charge on any atom is 0.0513 e. The summed E-state index contributed by atoms with van der Waals surface area (Å²) < 4.78 is 2.39. The Morgan fingerprint density at radius 1 is 1.22 bits per heavy atom. The van der Waals surface area contributed by atoms with E-state index in [9.17, 15) is 0 Å². The van der Waals surface area contributed by atoms with Gasteiger partial charge in [0.2, 0.25) is 0 Å². The predicted molar refractivity (Wildman–Crippen MR) is 78.8 cm³/mol. The molecule has 2 aromatic rings. The lowest BCUT2D eigenvalue weighted by atomic mass is 10.0. The van der Waals surface area contributed by atoms with E-state index in [2.05, 4.69) is 48.9 Å². The summed E-state index contributed by atoms with van der Waals surface area (Å²) in [7, 11) is 0. The number of fused-ring (bicyclic) bond motifs is 1. The molecule has 0 aliphatic heterocycles. The molecule has 0 amide bonds. The minimum absolute atomic E-state index is 0.217. The molecular formula is C16H24N2. The highest BCUT2D eigenvalue weighted by Gasteiger charge is 2.07. The fourth-order valence-electron chi connectivity index (χ4n) is 2.57. The van der Waals surface area contributed by atoms with Crippen LogP contribution in [0.1, 0.15) is 38.7 Å². The summed E-state index contributed by atoms with van der Waals surface area (Å²) in [5.41, 5.74) is 8.71. The van der Waals surface area contributed by atoms with Crippen LogP contribution in [-0.2, 0) is 13.0 Å². The van der Waals surface area contributed by atoms with Crippen molar-refractivity contribution in [2.75, 3.05) is 0 Å². The van der Waals surface area contributed by atoms with Gasteiger partial charge in [0, 0.05) is 18.8 Å². The largest absolute Gasteiger partial charge is 0.347 e. The average molecular weight is 244 g/mol. The molecule has 1 unspecified atom stereocenters. The van der Waals surface area contributed by atoms with Gasteiger partial charge in [-0.3, -0.25) is 0 Å². The van der Waals surface area contributed by atoms with E-state index in [1.165, 1.54) is 35.7 Å². The van der Waals surface area contributed by atoms with Gasteiger partial charge < -0.3 is 10.3 Å². The Morgan fingerprint density at radius 3 is 2.78 bits per heavy atom. The zero-order valence-electron chi connectivity index (χ0n) is 11.5. The number of benzene rings is 1. The molecule has 2 heteroatoms. The quantitative estimate of drug-likeness (QED) is 0.771. The Bertz CT molecular complexity index is 497. The summed E-state index contributed by atoms with van der Waals surface area (Å²) in [6, 6.07) is 8.97. The van der Waals surface area contributed by atoms with Gasteiger partial charge in [-0.1, -0.05) is 38.0 Å². The number of nitrogens with zero attached hydrogens (tertiary/aromatic N) is 1. The van der Waals surface area contributed by atoms with E-state index in [-0.39, 0.29) is 6.04 Å². The van der Waals surface area contributed by atoms with Crippen LogP contribution in [0.15, 0.2) is 30.5 Å². The molecule has 1 aromatic carbocycles. The minimum atomic E-state index is 0.217. The second-order valence-corrected chi connectivity index (χ2v) is 5.25. The molecule has 1 heterocycles. The third-order valence-electron chi connectivity index (χ3n) is 3.42. The maximum absolute atomic E-state index is 5.95. The van der Waals surface area contributed by atoms with Gasteiger partial charge >= 0.3 is 0 Å². The SMILES string of the molecule is CCCCCn1ccc2cccc(CC(C)N)c21. The van der Waals surface area contributed by atoms with E-state index in [4.69, 9.17) is 5.73 Å². The maximum atomic E-state index is 5.95. The first kappa shape index (κ1) is 13.2. The van der Waals surface area contributed by atoms with Crippen molar-refractivity contribution >= 4 is 10.9 Å². The minimum Gasteiger partial charge on any atom is -0.347 e. The Balaban J connectivity index is 2.29. The van der Waals surface area contributed by atoms with Crippen LogP contribution in [0.2, 0.25) is 0 Å². The standard InChI is InChI=1S/C16H24N2/c1-3-4-5-10-18-11-9-14-7-6-8-15(16(14)18)12-13(2)17/h6-9,11,13H,3-5,10,12,17H2,1-2H3. The molecular weight excluding hydrogens is 220 g/mol. The van der Waals surface area contributed by atoms with Crippen molar-refractivity contribution in [3.05, 3.63) is 36.0 Å². The normalized spacial score (nSPS) is 13.1. The van der Waals surface area contributed by atoms with Crippen LogP contribution in [0.25, 0.3) is 10.9 Å². The molecule has 0 saturated carbocycles. The van der Waals surface area contributed by atoms with E-state index in [1.807, 2.05) is 0 Å². The molecule has 1 aromatic heterocycles. The number of para-hydroxylation sites is 1. The fraction of sp³-hybridized carbons (Fsp3) is 0.500. The first-order chi connectivity index (χ1) is 8.72. The van der Waals surface area contributed by atoms with Gasteiger partial charge in [0.05, 0.1) is 5.52 Å². The van der Waals surface area contributed by atoms with Crippen LogP contribution in [0.4, 0.5) is 0 Å². The Labute approximate surface area is 110 Å². The third-order valence-corrected chi connectivity index (χ3v) is 3.42. The summed E-state index contributed by atoms with van der Waals surface area (Å²) >= 11 is 0. The summed E-state index contributed by atoms with van der Waals surface area (Å²) in [5, 5.41) is 1.34. The van der Waals surface area contributed by atoms with Gasteiger partial charge in [-0.15, -0.1) is 0 Å². The Morgan fingerprint density at radius 2 is 2.06 bits per heavy atom. The van der Waals surface area contributed by atoms with Crippen molar-refractivity contribution in [3.8, 4) is 0 Å². The average Bonchev–Trinajstić information content (AvgIpc) is 2.73. The summed E-state index contributed by atoms with van der Waals surface area (Å²) in [5.74, 6) is 0. The van der Waals surface area contributed by atoms with Crippen molar-refractivity contribution in [2.45, 2.75) is 52.1 Å². The van der Waals surface area contributed by atoms with E-state index >= 15 is 0 Å². The number of rotatable bonds is 6. The van der Waals surface area contributed by atoms with Crippen molar-refractivity contribution < 1.29 is 0 Å². The van der Waals surface area contributed by atoms with Gasteiger partial charge in [0.15, 0.2) is 0 Å². The molecule has 0 fully saturated rings. The molecule has 1 atom stereocenters. The Kier molecular flexibility index (Phi) is 4.43. The highest BCUT2D eigenvalue weighted by Crippen LogP contribution is 2.22. The van der Waals surface area contributed by atoms with Gasteiger partial charge in [-0.05, 0) is 36.8 Å². The zero-order chi connectivity index (χ0) is 13.0. The number of aromatic nitrogens is 1. The highest BCUT2D eigenvalue weighted by atomic mass is 15.0. The summed E-state index contributed by atoms with van der Waals surface area (Å²) in [6.45, 7) is 5.44. The smallest absolute Gasteiger partial charge is 0.0513 e. The van der Waals surface area contributed by atoms with Gasteiger partial charge in [0.1, 0.15) is 0 Å². The number of aryl methyl sites for hydroxylation is 1. The number of hydrogen-bond donors (Lipinski definition) is 1. The lowest BCUT2D eigenvalue weighted by Gasteiger charge is -2.11. The van der Waals surface area contributed by atoms with Crippen LogP contribution in [0.3, 0.4) is 0 Å². The van der Waals surface area contributed by atoms with E-state index in [0.717, 1.165) is 13.0 Å². The fourth-order valence-corrected chi connectivity index (χ4v) is 2.57. The molecule has 0 aliphatic rings. The van der Waals surface area contributed by atoms with Crippen LogP contribution < -0.4 is 5.73 Å². The second-order valence-electron chi connectivity index (χ2n) is 5.25. The topological polar surface area (TPSA) is 30.9 Å². The van der Waals surface area contributed by atoms with Crippen molar-refractivity contribution in [2.24, 2.45) is 5.73 Å². The molecule has 98 valence electrons. The monoisotopic (exact) mass is 244 g/mol. The first-order valence-electron chi connectivity index (χ1n) is 7.04. The van der Waals surface area contributed by atoms with Crippen molar-refractivity contribution in [3.63, 3.8) is 0 Å². The summed E-state index contributed by atoms with van der Waals surface area (Å²) in [6.07, 6.45) is 6.99. The van der Waals surface area contributed by atoms with Crippen LogP contribution in [0.5, 0.6) is 0 Å². The lowest BCUT2D eigenvalue weighted by molar-refractivity contribution is 0.614. The highest BCUT2D eigenvalue weighted by molar-refractivity contribution is 5.83. The number of unbranched alkanes of at least 4 members (excludes halogenated alkanes) is 2. The molecule has 0 spiro atoms. The molecule has 0 radical (unpaired) electrons. The molecule has 18 heavy (non-hydrogen) atoms. The second kappa shape index (κ2) is 6.05. The number of nitrogens with two attached hydrogens (primary N) is 1. The molecule has 0 aliphatic carbocycles. The van der Waals surface area contributed by atoms with Crippen LogP contribution in [0, 0.1) is 0 Å². The first-order valence-corrected chi connectivity index (χ1v) is 7.04. The Hall–Kier alpha value is -1.28. The van der Waals surface area contributed by atoms with Crippen molar-refractivity contribution in [1.82, 2.24) is 4.57 Å². The predicted octanol–water partition coefficient (Wildman–Crippen LogP) is 3.72. The molecule has 2 N–H and O–H groups in total. The van der Waals surface area contributed by atoms with Gasteiger partial charge in [0.25, 0.3) is 0 Å². The van der Waals surface area contributed by atoms with E-state index in [1.54, 1.807) is 0 Å². The van der Waals surface area contributed by atoms with Gasteiger partial charge in [-0.25, -0.2) is 0 Å². The van der Waals surface area contributed by atoms with Gasteiger partial charge in [-0.2, -0.15) is 0 Å². The van der Waals surface area contributed by atoms with Crippen LogP contribution >= 0.6 is 0 Å². The summed E-state index contributed by atoms with van der Waals surface area (Å²) in [4.78, 5) is 0. The molecule has 0 saturated heterocycles. The third kappa shape index (κ3) is 2.94. The number of hydrogen-bond acceptors (Lipinski definition) is 1. The van der Waals surface area contributed by atoms with Crippen LogP contribution in [-0.4, -0.2) is 10.6 Å². The van der Waals surface area contributed by atoms with E-state index in [0.29, 0.717) is 0 Å². The molecule has 2 rings (SSSR count). The van der Waals surface area contributed by atoms with E-state index < -0.39 is 0 Å².